The van der Waals surface area contributed by atoms with Gasteiger partial charge in [0, 0.05) is 46.1 Å². The van der Waals surface area contributed by atoms with Gasteiger partial charge in [-0.25, -0.2) is 0 Å². The summed E-state index contributed by atoms with van der Waals surface area (Å²) in [7, 11) is 0. The summed E-state index contributed by atoms with van der Waals surface area (Å²) in [5.41, 5.74) is 0. The Morgan fingerprint density at radius 1 is 1.08 bits per heavy atom. The zero-order chi connectivity index (χ0) is 16.9. The average Bonchev–Trinajstić information content (AvgIpc) is 3.27. The molecular formula is C18H36IN3O3. The highest BCUT2D eigenvalue weighted by atomic mass is 127. The van der Waals surface area contributed by atoms with E-state index in [4.69, 9.17) is 14.2 Å². The molecule has 0 aromatic rings. The summed E-state index contributed by atoms with van der Waals surface area (Å²) >= 11 is 0. The number of hydrogen-bond donors (Lipinski definition) is 2. The van der Waals surface area contributed by atoms with E-state index in [1.165, 1.54) is 19.3 Å². The van der Waals surface area contributed by atoms with Gasteiger partial charge in [0.25, 0.3) is 0 Å². The van der Waals surface area contributed by atoms with Gasteiger partial charge in [-0.1, -0.05) is 0 Å². The highest BCUT2D eigenvalue weighted by Gasteiger charge is 2.20. The molecule has 0 radical (unpaired) electrons. The van der Waals surface area contributed by atoms with E-state index in [2.05, 4.69) is 22.5 Å². The number of nitrogens with zero attached hydrogens (tertiary/aromatic N) is 1. The largest absolute Gasteiger partial charge is 0.381 e. The summed E-state index contributed by atoms with van der Waals surface area (Å²) in [6.07, 6.45) is 7.28. The summed E-state index contributed by atoms with van der Waals surface area (Å²) in [5, 5.41) is 6.63. The molecule has 148 valence electrons. The Hall–Kier alpha value is -0.120. The van der Waals surface area contributed by atoms with Gasteiger partial charge in [0.05, 0.1) is 12.7 Å². The van der Waals surface area contributed by atoms with Crippen molar-refractivity contribution in [3.63, 3.8) is 0 Å². The molecule has 1 unspecified atom stereocenters. The van der Waals surface area contributed by atoms with Crippen LogP contribution >= 0.6 is 24.0 Å². The van der Waals surface area contributed by atoms with Crippen LogP contribution < -0.4 is 10.6 Å². The van der Waals surface area contributed by atoms with E-state index < -0.39 is 0 Å². The summed E-state index contributed by atoms with van der Waals surface area (Å²) in [4.78, 5) is 4.58. The minimum absolute atomic E-state index is 0. The van der Waals surface area contributed by atoms with Crippen LogP contribution in [0.15, 0.2) is 4.99 Å². The smallest absolute Gasteiger partial charge is 0.191 e. The first kappa shape index (κ1) is 22.9. The molecule has 2 N–H and O–H groups in total. The fourth-order valence-corrected chi connectivity index (χ4v) is 2.61. The van der Waals surface area contributed by atoms with Crippen molar-refractivity contribution in [2.24, 2.45) is 10.9 Å². The lowest BCUT2D eigenvalue weighted by Gasteiger charge is -2.12. The second-order valence-corrected chi connectivity index (χ2v) is 6.62. The van der Waals surface area contributed by atoms with Crippen LogP contribution in [0.25, 0.3) is 0 Å². The van der Waals surface area contributed by atoms with Gasteiger partial charge in [-0.15, -0.1) is 24.0 Å². The van der Waals surface area contributed by atoms with Crippen molar-refractivity contribution in [2.75, 3.05) is 52.7 Å². The predicted octanol–water partition coefficient (Wildman–Crippen LogP) is 2.56. The molecule has 2 rings (SSSR count). The molecule has 0 spiro atoms. The van der Waals surface area contributed by atoms with Crippen LogP contribution in [-0.4, -0.2) is 64.7 Å². The highest BCUT2D eigenvalue weighted by molar-refractivity contribution is 14.0. The Morgan fingerprint density at radius 3 is 2.60 bits per heavy atom. The summed E-state index contributed by atoms with van der Waals surface area (Å²) < 4.78 is 16.8. The Balaban J connectivity index is 0.00000312. The van der Waals surface area contributed by atoms with Crippen LogP contribution in [0, 0.1) is 5.92 Å². The highest BCUT2D eigenvalue weighted by Crippen LogP contribution is 2.28. The normalized spacial score (nSPS) is 20.4. The zero-order valence-corrected chi connectivity index (χ0v) is 18.0. The first-order valence-electron chi connectivity index (χ1n) is 9.67. The predicted molar refractivity (Wildman–Crippen MR) is 112 cm³/mol. The first-order valence-corrected chi connectivity index (χ1v) is 9.67. The maximum absolute atomic E-state index is 5.67. The van der Waals surface area contributed by atoms with Crippen molar-refractivity contribution in [1.82, 2.24) is 10.6 Å². The molecule has 2 fully saturated rings. The van der Waals surface area contributed by atoms with Crippen molar-refractivity contribution >= 4 is 29.9 Å². The molecule has 0 amide bonds. The molecule has 1 aliphatic heterocycles. The third-order valence-electron chi connectivity index (χ3n) is 4.20. The fourth-order valence-electron chi connectivity index (χ4n) is 2.61. The van der Waals surface area contributed by atoms with Crippen molar-refractivity contribution in [1.29, 1.82) is 0 Å². The lowest BCUT2D eigenvalue weighted by atomic mass is 10.2. The van der Waals surface area contributed by atoms with E-state index in [1.807, 2.05) is 0 Å². The van der Waals surface area contributed by atoms with Crippen LogP contribution in [0.5, 0.6) is 0 Å². The molecule has 2 aliphatic rings. The van der Waals surface area contributed by atoms with Gasteiger partial charge in [0.2, 0.25) is 0 Å². The van der Waals surface area contributed by atoms with Gasteiger partial charge in [-0.2, -0.15) is 0 Å². The van der Waals surface area contributed by atoms with Crippen molar-refractivity contribution in [3.8, 4) is 0 Å². The van der Waals surface area contributed by atoms with Crippen LogP contribution in [0.2, 0.25) is 0 Å². The minimum Gasteiger partial charge on any atom is -0.381 e. The van der Waals surface area contributed by atoms with Crippen molar-refractivity contribution in [3.05, 3.63) is 0 Å². The second kappa shape index (κ2) is 15.0. The molecule has 1 atom stereocenters. The van der Waals surface area contributed by atoms with Crippen LogP contribution in [0.1, 0.15) is 45.4 Å². The molecule has 0 bridgehead atoms. The number of halogens is 1. The van der Waals surface area contributed by atoms with Gasteiger partial charge in [-0.3, -0.25) is 4.99 Å². The number of rotatable bonds is 13. The lowest BCUT2D eigenvalue weighted by molar-refractivity contribution is 0.0168. The molecule has 1 saturated carbocycles. The van der Waals surface area contributed by atoms with Gasteiger partial charge in [0.15, 0.2) is 5.96 Å². The van der Waals surface area contributed by atoms with Crippen molar-refractivity contribution < 1.29 is 14.2 Å². The molecule has 0 aromatic carbocycles. The Bertz CT molecular complexity index is 348. The quantitative estimate of drug-likeness (QED) is 0.188. The number of guanidine groups is 1. The van der Waals surface area contributed by atoms with E-state index in [-0.39, 0.29) is 24.0 Å². The lowest BCUT2D eigenvalue weighted by Crippen LogP contribution is -2.38. The van der Waals surface area contributed by atoms with Gasteiger partial charge in [0.1, 0.15) is 0 Å². The van der Waals surface area contributed by atoms with Gasteiger partial charge in [-0.05, 0) is 51.4 Å². The summed E-state index contributed by atoms with van der Waals surface area (Å²) in [6.45, 7) is 8.77. The summed E-state index contributed by atoms with van der Waals surface area (Å²) in [5.74, 6) is 1.73. The Kier molecular flexibility index (Phi) is 13.7. The van der Waals surface area contributed by atoms with Crippen LogP contribution in [-0.2, 0) is 14.2 Å². The average molecular weight is 469 g/mol. The zero-order valence-electron chi connectivity index (χ0n) is 15.6. The standard InChI is InChI=1S/C18H35N3O3.HI/c1-2-19-18(20-9-4-11-22-14-16-7-8-16)21-10-5-12-23-15-17-6-3-13-24-17;/h16-17H,2-15H2,1H3,(H2,19,20,21);1H. The first-order chi connectivity index (χ1) is 11.9. The van der Waals surface area contributed by atoms with E-state index in [0.29, 0.717) is 6.10 Å². The van der Waals surface area contributed by atoms with Gasteiger partial charge >= 0.3 is 0 Å². The Labute approximate surface area is 169 Å². The van der Waals surface area contributed by atoms with E-state index in [9.17, 15) is 0 Å². The second-order valence-electron chi connectivity index (χ2n) is 6.62. The van der Waals surface area contributed by atoms with Gasteiger partial charge < -0.3 is 24.8 Å². The Morgan fingerprint density at radius 2 is 1.88 bits per heavy atom. The maximum Gasteiger partial charge on any atom is 0.191 e. The molecule has 7 heteroatoms. The third-order valence-corrected chi connectivity index (χ3v) is 4.20. The minimum atomic E-state index is 0. The SMILES string of the molecule is CCNC(=NCCCOCC1CC1)NCCCOCC1CCCO1.I. The molecule has 1 saturated heterocycles. The molecule has 0 aromatic heterocycles. The van der Waals surface area contributed by atoms with Crippen LogP contribution in [0.4, 0.5) is 0 Å². The molecule has 1 heterocycles. The maximum atomic E-state index is 5.67. The molecule has 1 aliphatic carbocycles. The number of hydrogen-bond acceptors (Lipinski definition) is 4. The monoisotopic (exact) mass is 469 g/mol. The molecule has 6 nitrogen and oxygen atoms in total. The number of aliphatic imine (C=N–C) groups is 1. The van der Waals surface area contributed by atoms with E-state index in [0.717, 1.165) is 83.8 Å². The fraction of sp³-hybridized carbons (Fsp3) is 0.944. The number of ether oxygens (including phenoxy) is 3. The van der Waals surface area contributed by atoms with E-state index in [1.54, 1.807) is 0 Å². The van der Waals surface area contributed by atoms with Crippen molar-refractivity contribution in [2.45, 2.75) is 51.6 Å². The van der Waals surface area contributed by atoms with Crippen LogP contribution in [0.3, 0.4) is 0 Å². The summed E-state index contributed by atoms with van der Waals surface area (Å²) in [6, 6.07) is 0. The van der Waals surface area contributed by atoms with E-state index >= 15 is 0 Å². The number of nitrogens with one attached hydrogen (secondary N) is 2. The topological polar surface area (TPSA) is 64.1 Å². The third kappa shape index (κ3) is 12.0. The molecule has 25 heavy (non-hydrogen) atoms. The molecular weight excluding hydrogens is 433 g/mol.